The number of likely N-dealkylation sites (N-methyl/N-ethyl adjacent to an activating group) is 1. The number of nitrogens with one attached hydrogen (secondary N) is 1. The maximum atomic E-state index is 16.2. The van der Waals surface area contributed by atoms with Crippen LogP contribution in [0.1, 0.15) is 87.9 Å². The van der Waals surface area contributed by atoms with Gasteiger partial charge in [-0.15, -0.1) is 0 Å². The Morgan fingerprint density at radius 1 is 0.979 bits per heavy atom. The molecule has 8 bridgehead atoms. The van der Waals surface area contributed by atoms with Crippen LogP contribution in [0.4, 0.5) is 14.6 Å². The Labute approximate surface area is 280 Å². The van der Waals surface area contributed by atoms with Crippen LogP contribution in [0.15, 0.2) is 41.5 Å². The zero-order chi connectivity index (χ0) is 34.4. The largest absolute Gasteiger partial charge is 0.363 e. The van der Waals surface area contributed by atoms with Gasteiger partial charge in [0.05, 0.1) is 16.9 Å². The molecular weight excluding hydrogens is 638 g/mol. The number of rotatable bonds is 1. The number of anilines is 1. The molecule has 3 atom stereocenters. The third kappa shape index (κ3) is 6.85. The lowest BCUT2D eigenvalue weighted by atomic mass is 9.77. The molecule has 0 spiro atoms. The minimum Gasteiger partial charge on any atom is -0.363 e. The normalized spacial score (nSPS) is 26.6. The summed E-state index contributed by atoms with van der Waals surface area (Å²) in [5.74, 6) is -3.99. The summed E-state index contributed by atoms with van der Waals surface area (Å²) in [4.78, 5) is 40.5. The van der Waals surface area contributed by atoms with Gasteiger partial charge in [-0.2, -0.15) is 0 Å². The lowest BCUT2D eigenvalue weighted by molar-refractivity contribution is -0.130. The summed E-state index contributed by atoms with van der Waals surface area (Å²) >= 11 is 0. The highest BCUT2D eigenvalue weighted by Gasteiger charge is 2.47. The number of sulfone groups is 1. The molecule has 4 aliphatic rings. The highest BCUT2D eigenvalue weighted by molar-refractivity contribution is 7.91. The summed E-state index contributed by atoms with van der Waals surface area (Å²) in [6.07, 6.45) is 4.22. The van der Waals surface area contributed by atoms with E-state index in [0.29, 0.717) is 61.1 Å². The van der Waals surface area contributed by atoms with Gasteiger partial charge in [-0.05, 0) is 96.0 Å². The van der Waals surface area contributed by atoms with Crippen molar-refractivity contribution in [1.82, 2.24) is 24.3 Å². The van der Waals surface area contributed by atoms with Gasteiger partial charge < -0.3 is 10.2 Å². The Kier molecular flexibility index (Phi) is 9.40. The average molecular weight is 685 g/mol. The van der Waals surface area contributed by atoms with E-state index in [0.717, 1.165) is 19.4 Å². The fourth-order valence-corrected chi connectivity index (χ4v) is 9.19. The number of alkyl halides is 2. The molecular formula is C35H46F2N6O4S. The Hall–Kier alpha value is -3.45. The van der Waals surface area contributed by atoms with E-state index in [2.05, 4.69) is 20.2 Å². The number of nitrogens with zero attached hydrogens (tertiary/aromatic N) is 5. The highest BCUT2D eigenvalue weighted by atomic mass is 32.2. The summed E-state index contributed by atoms with van der Waals surface area (Å²) in [5.41, 5.74) is 0.574. The van der Waals surface area contributed by atoms with Crippen LogP contribution in [0.5, 0.6) is 0 Å². The molecule has 1 amide bonds. The van der Waals surface area contributed by atoms with Crippen molar-refractivity contribution in [2.24, 2.45) is 5.92 Å². The number of halogens is 2. The Balaban J connectivity index is 1.43. The fourth-order valence-electron chi connectivity index (χ4n) is 7.70. The van der Waals surface area contributed by atoms with Crippen LogP contribution in [0.3, 0.4) is 0 Å². The zero-order valence-corrected chi connectivity index (χ0v) is 29.0. The third-order valence-corrected chi connectivity index (χ3v) is 12.5. The monoisotopic (exact) mass is 684 g/mol. The van der Waals surface area contributed by atoms with Crippen molar-refractivity contribution in [3.05, 3.63) is 63.7 Å². The van der Waals surface area contributed by atoms with Gasteiger partial charge in [-0.1, -0.05) is 18.2 Å². The first-order valence-corrected chi connectivity index (χ1v) is 18.8. The van der Waals surface area contributed by atoms with Gasteiger partial charge >= 0.3 is 0 Å². The van der Waals surface area contributed by atoms with Crippen LogP contribution >= 0.6 is 0 Å². The summed E-state index contributed by atoms with van der Waals surface area (Å²) < 4.78 is 58.2. The second kappa shape index (κ2) is 13.1. The highest BCUT2D eigenvalue weighted by Crippen LogP contribution is 2.46. The van der Waals surface area contributed by atoms with Gasteiger partial charge in [-0.3, -0.25) is 19.1 Å². The number of pyridine rings is 1. The first-order chi connectivity index (χ1) is 22.7. The van der Waals surface area contributed by atoms with Crippen molar-refractivity contribution < 1.29 is 22.0 Å². The lowest BCUT2D eigenvalue weighted by Crippen LogP contribution is -2.52. The van der Waals surface area contributed by atoms with Crippen LogP contribution in [0, 0.1) is 5.92 Å². The van der Waals surface area contributed by atoms with Crippen molar-refractivity contribution in [3.8, 4) is 0 Å². The molecule has 1 N–H and O–H groups in total. The molecule has 4 aliphatic heterocycles. The predicted octanol–water partition coefficient (Wildman–Crippen LogP) is 5.09. The quantitative estimate of drug-likeness (QED) is 0.377. The van der Waals surface area contributed by atoms with Crippen LogP contribution < -0.4 is 10.9 Å². The molecule has 6 heterocycles. The van der Waals surface area contributed by atoms with Crippen molar-refractivity contribution in [2.45, 2.75) is 89.3 Å². The lowest BCUT2D eigenvalue weighted by Gasteiger charge is -2.47. The van der Waals surface area contributed by atoms with E-state index >= 15 is 8.78 Å². The second-order valence-corrected chi connectivity index (χ2v) is 16.8. The van der Waals surface area contributed by atoms with Crippen LogP contribution in [0.25, 0.3) is 11.0 Å². The summed E-state index contributed by atoms with van der Waals surface area (Å²) in [6.45, 7) is 7.52. The van der Waals surface area contributed by atoms with E-state index in [1.165, 1.54) is 17.0 Å². The van der Waals surface area contributed by atoms with Gasteiger partial charge in [0.25, 0.3) is 11.5 Å². The van der Waals surface area contributed by atoms with Gasteiger partial charge in [0.15, 0.2) is 0 Å². The van der Waals surface area contributed by atoms with E-state index in [-0.39, 0.29) is 46.6 Å². The SMILES string of the molecule is C[C@H]1Nc2ncnc3c2cc(C2CCS(=O)(=O)CC2)c(=O)n3CC(=O)N(C)CCCCN2CCC(CC2(C)C)C(F)(F)c2cccc1c2. The van der Waals surface area contributed by atoms with Crippen molar-refractivity contribution >= 4 is 32.6 Å². The number of aromatic nitrogens is 3. The Bertz CT molecular complexity index is 1850. The standard InChI is InChI=1S/C35H46F2N6O4S/c1-23-25-8-7-9-26(18-25)35(36,37)27-10-15-42(34(2,3)20-27)14-6-5-13-41(4)30(44)21-43-32-29(31(40-23)38-22-39-32)19-28(33(43)45)24-11-16-48(46,47)17-12-24/h7-9,18-19,22-24,27H,5-6,10-17,20-21H2,1-4H3,(H,38,39,40)/t23-,27?/m1/s1. The van der Waals surface area contributed by atoms with Gasteiger partial charge in [0, 0.05) is 42.2 Å². The Morgan fingerprint density at radius 2 is 1.71 bits per heavy atom. The van der Waals surface area contributed by atoms with Crippen molar-refractivity contribution in [1.29, 1.82) is 0 Å². The Morgan fingerprint density at radius 3 is 2.44 bits per heavy atom. The number of benzene rings is 1. The molecule has 1 aromatic carbocycles. The van der Waals surface area contributed by atoms with E-state index in [9.17, 15) is 18.0 Å². The first-order valence-electron chi connectivity index (χ1n) is 17.0. The third-order valence-electron chi connectivity index (χ3n) is 10.8. The molecule has 0 saturated carbocycles. The molecule has 2 fully saturated rings. The molecule has 260 valence electrons. The summed E-state index contributed by atoms with van der Waals surface area (Å²) in [6, 6.07) is 7.83. The van der Waals surface area contributed by atoms with Crippen molar-refractivity contribution in [3.63, 3.8) is 0 Å². The molecule has 0 aliphatic carbocycles. The van der Waals surface area contributed by atoms with E-state index in [4.69, 9.17) is 0 Å². The molecule has 48 heavy (non-hydrogen) atoms. The molecule has 2 aromatic heterocycles. The fraction of sp³-hybridized carbons (Fsp3) is 0.600. The molecule has 2 saturated heterocycles. The van der Waals surface area contributed by atoms with Gasteiger partial charge in [-0.25, -0.2) is 27.2 Å². The van der Waals surface area contributed by atoms with Crippen LogP contribution in [0.2, 0.25) is 0 Å². The van der Waals surface area contributed by atoms with E-state index in [1.54, 1.807) is 36.2 Å². The number of carbonyl (C=O) groups is 1. The number of hydrogen-bond acceptors (Lipinski definition) is 8. The molecule has 0 radical (unpaired) electrons. The zero-order valence-electron chi connectivity index (χ0n) is 28.2. The van der Waals surface area contributed by atoms with E-state index in [1.807, 2.05) is 20.8 Å². The topological polar surface area (TPSA) is 118 Å². The number of hydrogen-bond donors (Lipinski definition) is 1. The number of carbonyl (C=O) groups excluding carboxylic acids is 1. The average Bonchev–Trinajstić information content (AvgIpc) is 3.04. The number of amides is 1. The molecule has 13 heteroatoms. The van der Waals surface area contributed by atoms with Gasteiger partial charge in [0.1, 0.15) is 34.2 Å². The number of piperidine rings is 1. The smallest absolute Gasteiger partial charge is 0.276 e. The summed E-state index contributed by atoms with van der Waals surface area (Å²) in [5, 5.41) is 3.87. The maximum absolute atomic E-state index is 16.2. The predicted molar refractivity (Wildman–Crippen MR) is 182 cm³/mol. The van der Waals surface area contributed by atoms with E-state index < -0.39 is 33.3 Å². The maximum Gasteiger partial charge on any atom is 0.276 e. The van der Waals surface area contributed by atoms with Crippen molar-refractivity contribution in [2.75, 3.05) is 43.5 Å². The molecule has 3 aromatic rings. The van der Waals surface area contributed by atoms with Gasteiger partial charge in [0.2, 0.25) is 5.91 Å². The summed E-state index contributed by atoms with van der Waals surface area (Å²) in [7, 11) is -1.45. The number of fused-ring (bicyclic) bond motifs is 9. The molecule has 10 nitrogen and oxygen atoms in total. The molecule has 2 unspecified atom stereocenters. The molecule has 7 rings (SSSR count). The van der Waals surface area contributed by atoms with Crippen LogP contribution in [-0.2, 0) is 27.1 Å². The first kappa shape index (κ1) is 34.4. The minimum atomic E-state index is -3.17. The minimum absolute atomic E-state index is 0.00809. The second-order valence-electron chi connectivity index (χ2n) is 14.5. The van der Waals surface area contributed by atoms with Crippen LogP contribution in [-0.4, -0.2) is 82.4 Å².